The molecule has 0 spiro atoms. The molecule has 2 saturated carbocycles. The van der Waals surface area contributed by atoms with Crippen molar-refractivity contribution >= 4 is 5.78 Å². The number of Topliss-reactive ketones (excluding diaryl/α,β-unsaturated/α-hetero) is 1. The molecule has 1 N–H and O–H groups in total. The number of aliphatic hydroxyl groups excluding tert-OH is 1. The minimum atomic E-state index is -0.101. The second-order valence-electron chi connectivity index (χ2n) is 6.40. The summed E-state index contributed by atoms with van der Waals surface area (Å²) in [6.07, 6.45) is 2.26. The van der Waals surface area contributed by atoms with E-state index in [1.54, 1.807) is 0 Å². The Morgan fingerprint density at radius 2 is 2.12 bits per heavy atom. The third-order valence-electron chi connectivity index (χ3n) is 5.56. The van der Waals surface area contributed by atoms with Crippen LogP contribution in [0.1, 0.15) is 40.5 Å². The van der Waals surface area contributed by atoms with Crippen LogP contribution in [0.4, 0.5) is 0 Å². The van der Waals surface area contributed by atoms with Crippen molar-refractivity contribution in [2.45, 2.75) is 40.5 Å². The van der Waals surface area contributed by atoms with E-state index in [1.807, 2.05) is 0 Å². The van der Waals surface area contributed by atoms with Crippen molar-refractivity contribution in [1.29, 1.82) is 0 Å². The first-order valence-electron chi connectivity index (χ1n) is 6.58. The van der Waals surface area contributed by atoms with Gasteiger partial charge in [0.25, 0.3) is 0 Å². The maximum absolute atomic E-state index is 12.4. The zero-order chi connectivity index (χ0) is 12.1. The van der Waals surface area contributed by atoms with Gasteiger partial charge < -0.3 is 5.11 Å². The second kappa shape index (κ2) is 3.83. The maximum Gasteiger partial charge on any atom is 0.142 e. The van der Waals surface area contributed by atoms with E-state index >= 15 is 0 Å². The summed E-state index contributed by atoms with van der Waals surface area (Å²) in [5, 5.41) is 9.47. The van der Waals surface area contributed by atoms with Gasteiger partial charge in [0.2, 0.25) is 0 Å². The third kappa shape index (κ3) is 1.38. The van der Waals surface area contributed by atoms with Gasteiger partial charge in [-0.05, 0) is 36.0 Å². The highest BCUT2D eigenvalue weighted by atomic mass is 16.3. The predicted molar refractivity (Wildman–Crippen MR) is 63.9 cm³/mol. The van der Waals surface area contributed by atoms with Gasteiger partial charge in [-0.3, -0.25) is 4.79 Å². The minimum absolute atomic E-state index is 0.0426. The molecule has 0 aliphatic heterocycles. The largest absolute Gasteiger partial charge is 0.396 e. The summed E-state index contributed by atoms with van der Waals surface area (Å²) < 4.78 is 0. The molecular formula is C14H24O2. The number of hydrogen-bond donors (Lipinski definition) is 1. The number of ketones is 1. The molecule has 0 aromatic carbocycles. The first-order valence-corrected chi connectivity index (χ1v) is 6.58. The lowest BCUT2D eigenvalue weighted by Crippen LogP contribution is -2.37. The van der Waals surface area contributed by atoms with Crippen molar-refractivity contribution in [3.05, 3.63) is 0 Å². The van der Waals surface area contributed by atoms with Crippen molar-refractivity contribution in [2.24, 2.45) is 35.0 Å². The van der Waals surface area contributed by atoms with Gasteiger partial charge in [-0.25, -0.2) is 0 Å². The van der Waals surface area contributed by atoms with Crippen LogP contribution in [0.25, 0.3) is 0 Å². The van der Waals surface area contributed by atoms with Gasteiger partial charge in [-0.15, -0.1) is 0 Å². The van der Waals surface area contributed by atoms with E-state index in [-0.39, 0.29) is 23.9 Å². The third-order valence-corrected chi connectivity index (χ3v) is 5.56. The summed E-state index contributed by atoms with van der Waals surface area (Å²) in [5.74, 6) is 2.00. The van der Waals surface area contributed by atoms with E-state index in [0.717, 1.165) is 12.8 Å². The molecule has 2 heteroatoms. The number of fused-ring (bicyclic) bond motifs is 2. The number of carbonyl (C=O) groups excluding carboxylic acids is 1. The Labute approximate surface area is 98.4 Å². The average Bonchev–Trinajstić information content (AvgIpc) is 2.33. The quantitative estimate of drug-likeness (QED) is 0.782. The van der Waals surface area contributed by atoms with Gasteiger partial charge in [0.05, 0.1) is 6.61 Å². The fourth-order valence-corrected chi connectivity index (χ4v) is 4.22. The molecule has 16 heavy (non-hydrogen) atoms. The Hall–Kier alpha value is -0.370. The average molecular weight is 224 g/mol. The smallest absolute Gasteiger partial charge is 0.142 e. The summed E-state index contributed by atoms with van der Waals surface area (Å²) in [5.41, 5.74) is 0.0574. The molecule has 2 bridgehead atoms. The minimum Gasteiger partial charge on any atom is -0.396 e. The Kier molecular flexibility index (Phi) is 2.90. The molecule has 2 fully saturated rings. The first kappa shape index (κ1) is 12.1. The van der Waals surface area contributed by atoms with E-state index in [1.165, 1.54) is 0 Å². The predicted octanol–water partition coefficient (Wildman–Crippen LogP) is 2.50. The summed E-state index contributed by atoms with van der Waals surface area (Å²) in [4.78, 5) is 12.4. The second-order valence-corrected chi connectivity index (χ2v) is 6.40. The maximum atomic E-state index is 12.4. The van der Waals surface area contributed by atoms with Crippen molar-refractivity contribution in [3.8, 4) is 0 Å². The van der Waals surface area contributed by atoms with Crippen molar-refractivity contribution in [2.75, 3.05) is 6.61 Å². The van der Waals surface area contributed by atoms with Crippen LogP contribution < -0.4 is 0 Å². The van der Waals surface area contributed by atoms with Gasteiger partial charge in [-0.1, -0.05) is 27.7 Å². The normalized spacial score (nSPS) is 47.8. The molecule has 5 atom stereocenters. The highest BCUT2D eigenvalue weighted by Gasteiger charge is 2.59. The molecule has 0 amide bonds. The molecule has 0 aromatic heterocycles. The molecule has 92 valence electrons. The summed E-state index contributed by atoms with van der Waals surface area (Å²) >= 11 is 0. The van der Waals surface area contributed by atoms with E-state index < -0.39 is 0 Å². The fraction of sp³-hybridized carbons (Fsp3) is 0.929. The Bertz CT molecular complexity index is 297. The van der Waals surface area contributed by atoms with Crippen molar-refractivity contribution in [3.63, 3.8) is 0 Å². The summed E-state index contributed by atoms with van der Waals surface area (Å²) in [6, 6.07) is 0. The zero-order valence-corrected chi connectivity index (χ0v) is 10.9. The van der Waals surface area contributed by atoms with Crippen LogP contribution in [0.3, 0.4) is 0 Å². The van der Waals surface area contributed by atoms with Gasteiger partial charge in [0.15, 0.2) is 0 Å². The molecule has 0 radical (unpaired) electrons. The van der Waals surface area contributed by atoms with E-state index in [4.69, 9.17) is 0 Å². The standard InChI is InChI=1S/C14H24O2/c1-8(2)10-5-6-14(4)9(3)12(10)13(16)11(14)7-15/h8-12,15H,5-7H2,1-4H3/t9?,10-,11-,12-,14-/m1/s1. The number of aliphatic hydroxyl groups is 1. The van der Waals surface area contributed by atoms with Crippen LogP contribution in [0, 0.1) is 35.0 Å². The lowest BCUT2D eigenvalue weighted by Gasteiger charge is -2.42. The Balaban J connectivity index is 2.35. The van der Waals surface area contributed by atoms with Gasteiger partial charge in [-0.2, -0.15) is 0 Å². The molecule has 0 heterocycles. The SMILES string of the molecule is CC(C)[C@H]1CC[C@]2(C)C(C)[C@H]1C(=O)[C@H]2CO. The fourth-order valence-electron chi connectivity index (χ4n) is 4.22. The molecule has 2 nitrogen and oxygen atoms in total. The highest BCUT2D eigenvalue weighted by molar-refractivity contribution is 5.88. The lowest BCUT2D eigenvalue weighted by atomic mass is 9.61. The first-order chi connectivity index (χ1) is 7.43. The number of carbonyl (C=O) groups is 1. The number of rotatable bonds is 2. The molecule has 2 rings (SSSR count). The summed E-state index contributed by atoms with van der Waals surface area (Å²) in [6.45, 7) is 8.90. The van der Waals surface area contributed by atoms with Gasteiger partial charge in [0, 0.05) is 11.8 Å². The topological polar surface area (TPSA) is 37.3 Å². The van der Waals surface area contributed by atoms with Gasteiger partial charge >= 0.3 is 0 Å². The molecule has 2 aliphatic rings. The van der Waals surface area contributed by atoms with Crippen LogP contribution in [0.5, 0.6) is 0 Å². The van der Waals surface area contributed by atoms with Crippen LogP contribution in [0.15, 0.2) is 0 Å². The van der Waals surface area contributed by atoms with Crippen molar-refractivity contribution < 1.29 is 9.90 Å². The molecule has 0 aromatic rings. The van der Waals surface area contributed by atoms with Crippen molar-refractivity contribution in [1.82, 2.24) is 0 Å². The lowest BCUT2D eigenvalue weighted by molar-refractivity contribution is -0.127. The molecular weight excluding hydrogens is 200 g/mol. The molecule has 1 unspecified atom stereocenters. The van der Waals surface area contributed by atoms with E-state index in [2.05, 4.69) is 27.7 Å². The molecule has 0 saturated heterocycles. The Morgan fingerprint density at radius 3 is 2.62 bits per heavy atom. The van der Waals surface area contributed by atoms with Crippen LogP contribution >= 0.6 is 0 Å². The zero-order valence-electron chi connectivity index (χ0n) is 10.9. The molecule has 2 aliphatic carbocycles. The van der Waals surface area contributed by atoms with Crippen LogP contribution in [-0.4, -0.2) is 17.5 Å². The Morgan fingerprint density at radius 1 is 1.50 bits per heavy atom. The summed E-state index contributed by atoms with van der Waals surface area (Å²) in [7, 11) is 0. The van der Waals surface area contributed by atoms with Gasteiger partial charge in [0.1, 0.15) is 5.78 Å². The van der Waals surface area contributed by atoms with Crippen LogP contribution in [0.2, 0.25) is 0 Å². The number of hydrogen-bond acceptors (Lipinski definition) is 2. The van der Waals surface area contributed by atoms with E-state index in [9.17, 15) is 9.90 Å². The highest BCUT2D eigenvalue weighted by Crippen LogP contribution is 2.59. The van der Waals surface area contributed by atoms with E-state index in [0.29, 0.717) is 23.5 Å². The van der Waals surface area contributed by atoms with Crippen LogP contribution in [-0.2, 0) is 4.79 Å². The monoisotopic (exact) mass is 224 g/mol.